The molecule has 1 saturated carbocycles. The Hall–Kier alpha value is -5.52. The number of anilines is 2. The molecule has 8 rings (SSSR count). The summed E-state index contributed by atoms with van der Waals surface area (Å²) in [4.78, 5) is 76.6. The molecule has 3 aromatic rings. The van der Waals surface area contributed by atoms with Gasteiger partial charge in [-0.2, -0.15) is 5.26 Å². The van der Waals surface area contributed by atoms with Crippen molar-refractivity contribution in [1.29, 1.82) is 5.26 Å². The number of rotatable bonds is 9. The van der Waals surface area contributed by atoms with Crippen LogP contribution in [0.4, 0.5) is 11.4 Å². The predicted octanol–water partition coefficient (Wildman–Crippen LogP) is 4.66. The number of hydrogen-bond donors (Lipinski definition) is 2. The first-order valence-electron chi connectivity index (χ1n) is 20.4. The number of nitrogens with zero attached hydrogens (tertiary/aromatic N) is 6. The van der Waals surface area contributed by atoms with E-state index in [4.69, 9.17) is 16.3 Å². The minimum atomic E-state index is -0.976. The van der Waals surface area contributed by atoms with Crippen LogP contribution < -0.4 is 25.2 Å². The SMILES string of the molecule is CC1(C)C(NC(=O)c2ccc(N3CCN(CC4CCN(c5ccc6c(c5)C(=O)N(C5CCC(=O)NC5=O)C6=O)CC4)CC3)cn2)C(C)(C)C1Oc1ccc(C#N)c(Cl)c1. The summed E-state index contributed by atoms with van der Waals surface area (Å²) in [7, 11) is 0. The number of pyridine rings is 1. The quantitative estimate of drug-likeness (QED) is 0.288. The third-order valence-corrected chi connectivity index (χ3v) is 13.4. The largest absolute Gasteiger partial charge is 0.489 e. The number of fused-ring (bicyclic) bond motifs is 1. The van der Waals surface area contributed by atoms with Gasteiger partial charge >= 0.3 is 0 Å². The van der Waals surface area contributed by atoms with E-state index in [1.54, 1.807) is 42.6 Å². The van der Waals surface area contributed by atoms with Crippen LogP contribution in [0.15, 0.2) is 54.7 Å². The second-order valence-electron chi connectivity index (χ2n) is 17.6. The number of amides is 5. The molecular weight excluding hydrogens is 772 g/mol. The first-order chi connectivity index (χ1) is 28.1. The van der Waals surface area contributed by atoms with Crippen LogP contribution in [0.2, 0.25) is 5.02 Å². The van der Waals surface area contributed by atoms with Crippen LogP contribution >= 0.6 is 11.6 Å². The second-order valence-corrected chi connectivity index (χ2v) is 18.0. The van der Waals surface area contributed by atoms with E-state index in [0.29, 0.717) is 39.1 Å². The van der Waals surface area contributed by atoms with E-state index in [-0.39, 0.29) is 41.7 Å². The number of halogens is 1. The Labute approximate surface area is 348 Å². The number of imide groups is 2. The summed E-state index contributed by atoms with van der Waals surface area (Å²) in [6.07, 6.45) is 3.82. The number of aromatic nitrogens is 1. The summed E-state index contributed by atoms with van der Waals surface area (Å²) >= 11 is 6.25. The third-order valence-electron chi connectivity index (χ3n) is 13.1. The van der Waals surface area contributed by atoms with Crippen LogP contribution in [0.5, 0.6) is 5.75 Å². The molecule has 59 heavy (non-hydrogen) atoms. The highest BCUT2D eigenvalue weighted by Gasteiger charge is 2.64. The Morgan fingerprint density at radius 2 is 1.56 bits per heavy atom. The second kappa shape index (κ2) is 15.6. The number of nitriles is 1. The fourth-order valence-electron chi connectivity index (χ4n) is 10.1. The topological polar surface area (TPSA) is 168 Å². The fraction of sp³-hybridized carbons (Fsp3) is 0.477. The molecule has 15 heteroatoms. The fourth-order valence-corrected chi connectivity index (χ4v) is 10.3. The van der Waals surface area contributed by atoms with Crippen LogP contribution in [0.25, 0.3) is 0 Å². The maximum atomic E-state index is 13.4. The molecule has 1 atom stereocenters. The Kier molecular flexibility index (Phi) is 10.6. The molecule has 3 saturated heterocycles. The number of carbonyl (C=O) groups excluding carboxylic acids is 5. The summed E-state index contributed by atoms with van der Waals surface area (Å²) in [5.41, 5.74) is 2.47. The highest BCUT2D eigenvalue weighted by molar-refractivity contribution is 6.31. The molecule has 2 N–H and O–H groups in total. The Morgan fingerprint density at radius 1 is 0.881 bits per heavy atom. The lowest BCUT2D eigenvalue weighted by molar-refractivity contribution is -0.164. The van der Waals surface area contributed by atoms with E-state index >= 15 is 0 Å². The molecule has 5 amide bonds. The maximum absolute atomic E-state index is 13.4. The molecule has 4 fully saturated rings. The molecule has 2 aromatic carbocycles. The van der Waals surface area contributed by atoms with Gasteiger partial charge in [-0.1, -0.05) is 39.3 Å². The molecule has 5 aliphatic rings. The molecule has 1 aromatic heterocycles. The molecule has 4 aliphatic heterocycles. The number of hydrogen-bond acceptors (Lipinski definition) is 11. The third kappa shape index (κ3) is 7.51. The molecular formula is C44H49ClN8O6. The van der Waals surface area contributed by atoms with Gasteiger partial charge in [0.05, 0.1) is 33.6 Å². The average molecular weight is 821 g/mol. The van der Waals surface area contributed by atoms with Crippen molar-refractivity contribution in [1.82, 2.24) is 25.4 Å². The first kappa shape index (κ1) is 40.3. The summed E-state index contributed by atoms with van der Waals surface area (Å²) in [5, 5.41) is 15.0. The summed E-state index contributed by atoms with van der Waals surface area (Å²) in [5.74, 6) is -1.08. The van der Waals surface area contributed by atoms with Crippen molar-refractivity contribution in [3.63, 3.8) is 0 Å². The van der Waals surface area contributed by atoms with Crippen LogP contribution in [0.3, 0.4) is 0 Å². The Morgan fingerprint density at radius 3 is 2.20 bits per heavy atom. The van der Waals surface area contributed by atoms with Gasteiger partial charge in [0.25, 0.3) is 17.7 Å². The number of piperazine rings is 1. The molecule has 0 spiro atoms. The molecule has 1 aliphatic carbocycles. The molecule has 0 radical (unpaired) electrons. The van der Waals surface area contributed by atoms with Gasteiger partial charge in [-0.25, -0.2) is 4.98 Å². The number of nitrogens with one attached hydrogen (secondary N) is 2. The molecule has 14 nitrogen and oxygen atoms in total. The standard InChI is InChI=1S/C44H49ClN8O6/c1-43(2)41(44(3,4)42(43)59-30-8-5-27(23-46)33(45)22-30)49-37(55)34-10-7-29(24-47-34)52-19-17-50(18-20-52)25-26-13-15-51(16-14-26)28-6-9-31-32(21-28)40(58)53(39(31)57)35-11-12-36(54)48-38(35)56/h5-10,21-22,24,26,35,41-42H,11-20,25H2,1-4H3,(H,49,55)(H,48,54,56). The van der Waals surface area contributed by atoms with E-state index in [2.05, 4.69) is 64.1 Å². The van der Waals surface area contributed by atoms with Gasteiger partial charge in [-0.15, -0.1) is 0 Å². The smallest absolute Gasteiger partial charge is 0.270 e. The van der Waals surface area contributed by atoms with Crippen molar-refractivity contribution >= 4 is 52.5 Å². The van der Waals surface area contributed by atoms with Gasteiger partial charge in [0, 0.05) is 80.9 Å². The summed E-state index contributed by atoms with van der Waals surface area (Å²) in [6.45, 7) is 14.6. The highest BCUT2D eigenvalue weighted by atomic mass is 35.5. The number of ether oxygens (including phenoxy) is 1. The van der Waals surface area contributed by atoms with Crippen molar-refractivity contribution in [3.8, 4) is 11.8 Å². The number of piperidine rings is 2. The molecule has 1 unspecified atom stereocenters. The van der Waals surface area contributed by atoms with E-state index in [1.165, 1.54) is 0 Å². The highest BCUT2D eigenvalue weighted by Crippen LogP contribution is 2.55. The minimum Gasteiger partial charge on any atom is -0.489 e. The van der Waals surface area contributed by atoms with Crippen LogP contribution in [0, 0.1) is 28.1 Å². The van der Waals surface area contributed by atoms with Crippen molar-refractivity contribution in [2.24, 2.45) is 16.7 Å². The lowest BCUT2D eigenvalue weighted by Crippen LogP contribution is -2.74. The van der Waals surface area contributed by atoms with Gasteiger partial charge in [-0.05, 0) is 67.6 Å². The van der Waals surface area contributed by atoms with Gasteiger partial charge in [0.1, 0.15) is 29.7 Å². The normalized spacial score (nSPS) is 24.3. The maximum Gasteiger partial charge on any atom is 0.270 e. The predicted molar refractivity (Wildman–Crippen MR) is 220 cm³/mol. The number of carbonyl (C=O) groups is 5. The van der Waals surface area contributed by atoms with Gasteiger partial charge in [0.2, 0.25) is 11.8 Å². The lowest BCUT2D eigenvalue weighted by Gasteiger charge is -2.63. The van der Waals surface area contributed by atoms with Gasteiger partial charge in [-0.3, -0.25) is 39.1 Å². The van der Waals surface area contributed by atoms with E-state index in [9.17, 15) is 29.2 Å². The molecule has 5 heterocycles. The van der Waals surface area contributed by atoms with E-state index < -0.39 is 29.7 Å². The van der Waals surface area contributed by atoms with Crippen molar-refractivity contribution < 1.29 is 28.7 Å². The lowest BCUT2D eigenvalue weighted by atomic mass is 9.49. The number of benzene rings is 2. The zero-order valence-corrected chi connectivity index (χ0v) is 34.6. The van der Waals surface area contributed by atoms with E-state index in [0.717, 1.165) is 74.9 Å². The van der Waals surface area contributed by atoms with Crippen molar-refractivity contribution in [2.45, 2.75) is 71.6 Å². The van der Waals surface area contributed by atoms with Crippen molar-refractivity contribution in [3.05, 3.63) is 82.1 Å². The van der Waals surface area contributed by atoms with Gasteiger partial charge in [0.15, 0.2) is 0 Å². The minimum absolute atomic E-state index is 0.0889. The Balaban J connectivity index is 0.789. The average Bonchev–Trinajstić information content (AvgIpc) is 3.47. The van der Waals surface area contributed by atoms with Crippen molar-refractivity contribution in [2.75, 3.05) is 55.6 Å². The zero-order chi connectivity index (χ0) is 41.8. The molecule has 308 valence electrons. The Bertz CT molecular complexity index is 2220. The summed E-state index contributed by atoms with van der Waals surface area (Å²) in [6, 6.07) is 15.1. The van der Waals surface area contributed by atoms with E-state index in [1.807, 2.05) is 12.1 Å². The van der Waals surface area contributed by atoms with Gasteiger partial charge < -0.3 is 19.9 Å². The van der Waals surface area contributed by atoms with Crippen LogP contribution in [0.1, 0.15) is 90.1 Å². The monoisotopic (exact) mass is 820 g/mol. The van der Waals surface area contributed by atoms with Crippen LogP contribution in [-0.4, -0.2) is 108 Å². The summed E-state index contributed by atoms with van der Waals surface area (Å²) < 4.78 is 6.37. The first-order valence-corrected chi connectivity index (χ1v) is 20.7. The zero-order valence-electron chi connectivity index (χ0n) is 33.8. The molecule has 0 bridgehead atoms. The van der Waals surface area contributed by atoms with Crippen LogP contribution in [-0.2, 0) is 9.59 Å².